The molecule has 0 aliphatic carbocycles. The number of likely N-dealkylation sites (N-methyl/N-ethyl adjacent to an activating group) is 1. The van der Waals surface area contributed by atoms with Gasteiger partial charge >= 0.3 is 0 Å². The summed E-state index contributed by atoms with van der Waals surface area (Å²) >= 11 is 0. The Morgan fingerprint density at radius 2 is 1.94 bits per heavy atom. The molecule has 0 bridgehead atoms. The smallest absolute Gasteiger partial charge is 0.259 e. The molecule has 3 rings (SSSR count). The fraction of sp³-hybridized carbons (Fsp3) is 0.481. The number of aliphatic hydroxyl groups excluding tert-OH is 1. The first-order valence-electron chi connectivity index (χ1n) is 12.1. The number of hydrogen-bond donors (Lipinski definition) is 1. The third kappa shape index (κ3) is 6.44. The largest absolute Gasteiger partial charge is 0.472 e. The normalized spacial score (nSPS) is 19.1. The molecule has 0 radical (unpaired) electrons. The summed E-state index contributed by atoms with van der Waals surface area (Å²) in [5.41, 5.74) is 0.842. The Bertz CT molecular complexity index is 1220. The highest BCUT2D eigenvalue weighted by atomic mass is 32.2. The SMILES string of the molecule is CC(C)CC#Cc1cnc2c(c1)C(=O)N([C@H](C)CO)C[C@H](C)[C@@H](CN(C)S(=O)(=O)c1ccccc1)O2. The van der Waals surface area contributed by atoms with Gasteiger partial charge < -0.3 is 14.7 Å². The molecule has 0 fully saturated rings. The molecular weight excluding hydrogens is 478 g/mol. The van der Waals surface area contributed by atoms with Crippen molar-refractivity contribution in [1.29, 1.82) is 0 Å². The van der Waals surface area contributed by atoms with Gasteiger partial charge in [0.25, 0.3) is 5.91 Å². The predicted octanol–water partition coefficient (Wildman–Crippen LogP) is 3.02. The lowest BCUT2D eigenvalue weighted by Crippen LogP contribution is -2.50. The number of ether oxygens (including phenoxy) is 1. The second kappa shape index (κ2) is 11.9. The van der Waals surface area contributed by atoms with Crippen molar-refractivity contribution in [3.8, 4) is 17.7 Å². The maximum atomic E-state index is 13.5. The van der Waals surface area contributed by atoms with Crippen LogP contribution >= 0.6 is 0 Å². The summed E-state index contributed by atoms with van der Waals surface area (Å²) in [5, 5.41) is 9.82. The van der Waals surface area contributed by atoms with Crippen molar-refractivity contribution < 1.29 is 23.1 Å². The lowest BCUT2D eigenvalue weighted by Gasteiger charge is -2.37. The number of hydrogen-bond acceptors (Lipinski definition) is 6. The van der Waals surface area contributed by atoms with Crippen LogP contribution in [0.4, 0.5) is 0 Å². The number of sulfonamides is 1. The van der Waals surface area contributed by atoms with Gasteiger partial charge in [-0.05, 0) is 31.0 Å². The maximum absolute atomic E-state index is 13.5. The van der Waals surface area contributed by atoms with Gasteiger partial charge in [0.15, 0.2) is 0 Å². The van der Waals surface area contributed by atoms with Gasteiger partial charge in [0, 0.05) is 37.7 Å². The number of pyridine rings is 1. The van der Waals surface area contributed by atoms with Crippen molar-refractivity contribution in [2.24, 2.45) is 11.8 Å². The predicted molar refractivity (Wildman–Crippen MR) is 138 cm³/mol. The first kappa shape index (κ1) is 27.7. The molecule has 36 heavy (non-hydrogen) atoms. The zero-order valence-corrected chi connectivity index (χ0v) is 22.3. The van der Waals surface area contributed by atoms with E-state index in [1.807, 2.05) is 6.92 Å². The van der Waals surface area contributed by atoms with Crippen LogP contribution in [0.5, 0.6) is 5.88 Å². The van der Waals surface area contributed by atoms with Crippen LogP contribution in [0.1, 0.15) is 50.0 Å². The fourth-order valence-corrected chi connectivity index (χ4v) is 5.07. The van der Waals surface area contributed by atoms with Gasteiger partial charge in [-0.1, -0.05) is 50.8 Å². The summed E-state index contributed by atoms with van der Waals surface area (Å²) in [7, 11) is -2.22. The van der Waals surface area contributed by atoms with Gasteiger partial charge in [-0.25, -0.2) is 13.4 Å². The molecular formula is C27H35N3O5S. The quantitative estimate of drug-likeness (QED) is 0.572. The molecule has 0 saturated heterocycles. The Balaban J connectivity index is 1.97. The summed E-state index contributed by atoms with van der Waals surface area (Å²) in [6.45, 7) is 7.97. The Morgan fingerprint density at radius 3 is 2.58 bits per heavy atom. The van der Waals surface area contributed by atoms with E-state index >= 15 is 0 Å². The Hall–Kier alpha value is -2.93. The highest BCUT2D eigenvalue weighted by molar-refractivity contribution is 7.89. The van der Waals surface area contributed by atoms with E-state index in [-0.39, 0.29) is 47.9 Å². The molecule has 1 N–H and O–H groups in total. The molecule has 1 aliphatic rings. The van der Waals surface area contributed by atoms with E-state index < -0.39 is 22.2 Å². The first-order valence-corrected chi connectivity index (χ1v) is 13.6. The van der Waals surface area contributed by atoms with Gasteiger partial charge in [-0.3, -0.25) is 4.79 Å². The average molecular weight is 514 g/mol. The Labute approximate surface area is 214 Å². The van der Waals surface area contributed by atoms with E-state index in [4.69, 9.17) is 4.74 Å². The van der Waals surface area contributed by atoms with Crippen molar-refractivity contribution in [2.75, 3.05) is 26.7 Å². The number of rotatable bonds is 7. The zero-order chi connectivity index (χ0) is 26.5. The highest BCUT2D eigenvalue weighted by Crippen LogP contribution is 2.28. The average Bonchev–Trinajstić information content (AvgIpc) is 2.86. The fourth-order valence-electron chi connectivity index (χ4n) is 3.87. The maximum Gasteiger partial charge on any atom is 0.259 e. The zero-order valence-electron chi connectivity index (χ0n) is 21.5. The van der Waals surface area contributed by atoms with Gasteiger partial charge in [0.1, 0.15) is 11.7 Å². The van der Waals surface area contributed by atoms with Crippen LogP contribution in [0.15, 0.2) is 47.5 Å². The highest BCUT2D eigenvalue weighted by Gasteiger charge is 2.35. The Kier molecular flexibility index (Phi) is 9.12. The van der Waals surface area contributed by atoms with E-state index in [0.29, 0.717) is 11.5 Å². The molecule has 9 heteroatoms. The molecule has 1 amide bonds. The van der Waals surface area contributed by atoms with Crippen molar-refractivity contribution >= 4 is 15.9 Å². The number of aliphatic hydroxyl groups is 1. The summed E-state index contributed by atoms with van der Waals surface area (Å²) in [4.78, 5) is 19.7. The number of aromatic nitrogens is 1. The first-order chi connectivity index (χ1) is 17.0. The van der Waals surface area contributed by atoms with E-state index in [2.05, 4.69) is 30.7 Å². The van der Waals surface area contributed by atoms with Crippen LogP contribution < -0.4 is 4.74 Å². The topological polar surface area (TPSA) is 100 Å². The minimum Gasteiger partial charge on any atom is -0.472 e. The summed E-state index contributed by atoms with van der Waals surface area (Å²) < 4.78 is 33.7. The summed E-state index contributed by atoms with van der Waals surface area (Å²) in [6.07, 6.45) is 1.70. The number of carbonyl (C=O) groups excluding carboxylic acids is 1. The third-order valence-electron chi connectivity index (χ3n) is 6.15. The number of amides is 1. The number of carbonyl (C=O) groups is 1. The van der Waals surface area contributed by atoms with E-state index in [9.17, 15) is 18.3 Å². The van der Waals surface area contributed by atoms with Crippen LogP contribution in [-0.2, 0) is 10.0 Å². The van der Waals surface area contributed by atoms with Crippen molar-refractivity contribution in [2.45, 2.75) is 51.2 Å². The van der Waals surface area contributed by atoms with Gasteiger partial charge in [0.05, 0.1) is 24.1 Å². The van der Waals surface area contributed by atoms with Crippen molar-refractivity contribution in [1.82, 2.24) is 14.2 Å². The molecule has 3 atom stereocenters. The van der Waals surface area contributed by atoms with Crippen molar-refractivity contribution in [3.63, 3.8) is 0 Å². The molecule has 1 aromatic carbocycles. The second-order valence-corrected chi connectivity index (χ2v) is 11.7. The standard InChI is InChI=1S/C27H35N3O5S/c1-19(2)10-9-11-22-14-24-26(28-15-22)35-25(20(3)16-30(27(24)32)21(4)18-31)17-29(5)36(33,34)23-12-7-6-8-13-23/h6-8,12-15,19-21,25,31H,10,16-18H2,1-5H3/t20-,21+,25+/m0/s1. The summed E-state index contributed by atoms with van der Waals surface area (Å²) in [5.74, 6) is 6.17. The number of fused-ring (bicyclic) bond motifs is 1. The molecule has 0 spiro atoms. The van der Waals surface area contributed by atoms with Gasteiger partial charge in [-0.2, -0.15) is 4.31 Å². The minimum atomic E-state index is -3.74. The molecule has 1 aliphatic heterocycles. The minimum absolute atomic E-state index is 0.0605. The second-order valence-electron chi connectivity index (χ2n) is 9.70. The van der Waals surface area contributed by atoms with Crippen molar-refractivity contribution in [3.05, 3.63) is 53.7 Å². The molecule has 0 saturated carbocycles. The van der Waals surface area contributed by atoms with E-state index in [1.54, 1.807) is 54.4 Å². The van der Waals surface area contributed by atoms with Gasteiger partial charge in [-0.15, -0.1) is 0 Å². The molecule has 194 valence electrons. The Morgan fingerprint density at radius 1 is 1.25 bits per heavy atom. The van der Waals surface area contributed by atoms with Crippen LogP contribution in [0.25, 0.3) is 0 Å². The van der Waals surface area contributed by atoms with Crippen LogP contribution in [0.2, 0.25) is 0 Å². The van der Waals surface area contributed by atoms with Crippen LogP contribution in [0.3, 0.4) is 0 Å². The monoisotopic (exact) mass is 513 g/mol. The summed E-state index contributed by atoms with van der Waals surface area (Å²) in [6, 6.07) is 9.44. The van der Waals surface area contributed by atoms with E-state index in [1.165, 1.54) is 11.4 Å². The third-order valence-corrected chi connectivity index (χ3v) is 7.99. The molecule has 1 aromatic heterocycles. The van der Waals surface area contributed by atoms with Crippen LogP contribution in [-0.4, -0.2) is 72.5 Å². The molecule has 8 nitrogen and oxygen atoms in total. The van der Waals surface area contributed by atoms with Gasteiger partial charge in [0.2, 0.25) is 15.9 Å². The molecule has 2 heterocycles. The number of nitrogens with zero attached hydrogens (tertiary/aromatic N) is 3. The van der Waals surface area contributed by atoms with Crippen LogP contribution in [0, 0.1) is 23.7 Å². The molecule has 2 aromatic rings. The number of benzene rings is 1. The van der Waals surface area contributed by atoms with E-state index in [0.717, 1.165) is 6.42 Å². The lowest BCUT2D eigenvalue weighted by atomic mass is 10.00. The molecule has 0 unspecified atom stereocenters. The lowest BCUT2D eigenvalue weighted by molar-refractivity contribution is 0.0373.